The minimum Gasteiger partial charge on any atom is -0.496 e. The first-order valence-corrected chi connectivity index (χ1v) is 9.44. The fourth-order valence-electron chi connectivity index (χ4n) is 3.71. The van der Waals surface area contributed by atoms with Crippen LogP contribution in [0, 0.1) is 12.8 Å². The average Bonchev–Trinajstić information content (AvgIpc) is 3.41. The zero-order chi connectivity index (χ0) is 18.8. The fraction of sp³-hybridized carbons (Fsp3) is 0.409. The molecule has 1 unspecified atom stereocenters. The van der Waals surface area contributed by atoms with Gasteiger partial charge in [0.15, 0.2) is 11.5 Å². The summed E-state index contributed by atoms with van der Waals surface area (Å²) in [6.45, 7) is 2.80. The first-order valence-electron chi connectivity index (χ1n) is 9.44. The molecule has 1 aliphatic heterocycles. The second-order valence-electron chi connectivity index (χ2n) is 7.34. The van der Waals surface area contributed by atoms with E-state index in [1.54, 1.807) is 7.11 Å². The molecule has 0 aromatic heterocycles. The van der Waals surface area contributed by atoms with Crippen molar-refractivity contribution in [2.45, 2.75) is 38.6 Å². The van der Waals surface area contributed by atoms with Crippen molar-refractivity contribution in [3.05, 3.63) is 53.1 Å². The third kappa shape index (κ3) is 4.02. The number of methoxy groups -OCH3 is 1. The van der Waals surface area contributed by atoms with Gasteiger partial charge in [0.25, 0.3) is 0 Å². The number of rotatable bonds is 7. The molecule has 142 valence electrons. The molecule has 27 heavy (non-hydrogen) atoms. The molecule has 1 atom stereocenters. The topological polar surface area (TPSA) is 56.8 Å². The van der Waals surface area contributed by atoms with Gasteiger partial charge in [0.2, 0.25) is 12.7 Å². The summed E-state index contributed by atoms with van der Waals surface area (Å²) in [5, 5.41) is 3.05. The molecule has 2 aromatic rings. The molecule has 1 amide bonds. The predicted octanol–water partition coefficient (Wildman–Crippen LogP) is 3.93. The lowest BCUT2D eigenvalue weighted by Crippen LogP contribution is -2.25. The van der Waals surface area contributed by atoms with Gasteiger partial charge in [-0.25, -0.2) is 0 Å². The van der Waals surface area contributed by atoms with Crippen LogP contribution in [0.2, 0.25) is 0 Å². The second kappa shape index (κ2) is 7.51. The van der Waals surface area contributed by atoms with E-state index in [0.29, 0.717) is 18.9 Å². The molecule has 1 saturated carbocycles. The lowest BCUT2D eigenvalue weighted by Gasteiger charge is -2.18. The fourth-order valence-corrected chi connectivity index (χ4v) is 3.71. The van der Waals surface area contributed by atoms with Gasteiger partial charge in [-0.15, -0.1) is 0 Å². The number of hydrogen-bond donors (Lipinski definition) is 1. The summed E-state index contributed by atoms with van der Waals surface area (Å²) in [6.07, 6.45) is 2.91. The molecule has 0 bridgehead atoms. The molecular formula is C22H25NO4. The molecule has 1 N–H and O–H groups in total. The van der Waals surface area contributed by atoms with Gasteiger partial charge >= 0.3 is 0 Å². The monoisotopic (exact) mass is 367 g/mol. The summed E-state index contributed by atoms with van der Waals surface area (Å²) in [6, 6.07) is 12.0. The Morgan fingerprint density at radius 2 is 2.00 bits per heavy atom. The summed E-state index contributed by atoms with van der Waals surface area (Å²) in [5.41, 5.74) is 3.35. The average molecular weight is 367 g/mol. The minimum absolute atomic E-state index is 0.0815. The van der Waals surface area contributed by atoms with Crippen LogP contribution in [-0.2, 0) is 11.3 Å². The van der Waals surface area contributed by atoms with E-state index in [1.807, 2.05) is 31.2 Å². The maximum Gasteiger partial charge on any atom is 0.231 e. The van der Waals surface area contributed by atoms with E-state index in [-0.39, 0.29) is 18.6 Å². The van der Waals surface area contributed by atoms with E-state index < -0.39 is 0 Å². The summed E-state index contributed by atoms with van der Waals surface area (Å²) < 4.78 is 16.1. The molecule has 2 aliphatic rings. The van der Waals surface area contributed by atoms with Gasteiger partial charge in [-0.1, -0.05) is 18.2 Å². The van der Waals surface area contributed by atoms with Gasteiger partial charge in [0, 0.05) is 13.0 Å². The van der Waals surface area contributed by atoms with Crippen LogP contribution in [0.4, 0.5) is 0 Å². The first kappa shape index (κ1) is 17.7. The van der Waals surface area contributed by atoms with Gasteiger partial charge in [-0.3, -0.25) is 4.79 Å². The maximum atomic E-state index is 12.6. The molecule has 1 fully saturated rings. The summed E-state index contributed by atoms with van der Waals surface area (Å²) in [7, 11) is 1.68. The smallest absolute Gasteiger partial charge is 0.231 e. The van der Waals surface area contributed by atoms with Gasteiger partial charge in [-0.2, -0.15) is 0 Å². The van der Waals surface area contributed by atoms with Crippen LogP contribution in [0.1, 0.15) is 41.9 Å². The Kier molecular flexibility index (Phi) is 4.92. The van der Waals surface area contributed by atoms with Gasteiger partial charge in [-0.05, 0) is 66.5 Å². The van der Waals surface area contributed by atoms with E-state index in [2.05, 4.69) is 17.4 Å². The quantitative estimate of drug-likeness (QED) is 0.806. The number of carbonyl (C=O) groups excluding carboxylic acids is 1. The third-order valence-corrected chi connectivity index (χ3v) is 5.37. The molecule has 2 aromatic carbocycles. The third-order valence-electron chi connectivity index (χ3n) is 5.37. The molecule has 0 saturated heterocycles. The van der Waals surface area contributed by atoms with Crippen LogP contribution >= 0.6 is 0 Å². The number of aryl methyl sites for hydroxylation is 1. The molecular weight excluding hydrogens is 342 g/mol. The highest BCUT2D eigenvalue weighted by atomic mass is 16.7. The number of carbonyl (C=O) groups is 1. The van der Waals surface area contributed by atoms with Crippen LogP contribution in [0.3, 0.4) is 0 Å². The van der Waals surface area contributed by atoms with E-state index in [1.165, 1.54) is 18.4 Å². The van der Waals surface area contributed by atoms with Crippen LogP contribution in [0.25, 0.3) is 0 Å². The Morgan fingerprint density at radius 3 is 2.74 bits per heavy atom. The first-order chi connectivity index (χ1) is 13.1. The van der Waals surface area contributed by atoms with Crippen LogP contribution < -0.4 is 19.5 Å². The Balaban J connectivity index is 1.38. The number of nitrogens with one attached hydrogen (secondary N) is 1. The van der Waals surface area contributed by atoms with Crippen molar-refractivity contribution in [2.75, 3.05) is 13.9 Å². The van der Waals surface area contributed by atoms with Gasteiger partial charge < -0.3 is 19.5 Å². The van der Waals surface area contributed by atoms with E-state index >= 15 is 0 Å². The second-order valence-corrected chi connectivity index (χ2v) is 7.34. The molecule has 1 aliphatic carbocycles. The molecule has 1 heterocycles. The molecule has 5 heteroatoms. The number of hydrogen-bond acceptors (Lipinski definition) is 4. The van der Waals surface area contributed by atoms with Crippen molar-refractivity contribution >= 4 is 5.91 Å². The van der Waals surface area contributed by atoms with Crippen LogP contribution in [0.15, 0.2) is 36.4 Å². The highest BCUT2D eigenvalue weighted by Gasteiger charge is 2.33. The Labute approximate surface area is 159 Å². The van der Waals surface area contributed by atoms with Crippen LogP contribution in [-0.4, -0.2) is 19.8 Å². The summed E-state index contributed by atoms with van der Waals surface area (Å²) in [4.78, 5) is 12.6. The van der Waals surface area contributed by atoms with E-state index in [9.17, 15) is 4.79 Å². The van der Waals surface area contributed by atoms with Crippen LogP contribution in [0.5, 0.6) is 17.2 Å². The lowest BCUT2D eigenvalue weighted by molar-refractivity contribution is -0.121. The Bertz CT molecular complexity index is 844. The SMILES string of the molecule is COc1ccc(C(CC(=O)NCc2ccc3c(c2)OCO3)C2CC2)cc1C. The van der Waals surface area contributed by atoms with Gasteiger partial charge in [0.1, 0.15) is 5.75 Å². The summed E-state index contributed by atoms with van der Waals surface area (Å²) >= 11 is 0. The maximum absolute atomic E-state index is 12.6. The van der Waals surface area contributed by atoms with Crippen molar-refractivity contribution in [1.29, 1.82) is 0 Å². The number of amides is 1. The Morgan fingerprint density at radius 1 is 1.19 bits per heavy atom. The lowest BCUT2D eigenvalue weighted by atomic mass is 9.89. The van der Waals surface area contributed by atoms with Crippen molar-refractivity contribution in [1.82, 2.24) is 5.32 Å². The number of benzene rings is 2. The minimum atomic E-state index is 0.0815. The zero-order valence-corrected chi connectivity index (χ0v) is 15.8. The predicted molar refractivity (Wildman–Crippen MR) is 102 cm³/mol. The summed E-state index contributed by atoms with van der Waals surface area (Å²) in [5.74, 6) is 3.35. The number of fused-ring (bicyclic) bond motifs is 1. The zero-order valence-electron chi connectivity index (χ0n) is 15.8. The van der Waals surface area contributed by atoms with Crippen molar-refractivity contribution in [2.24, 2.45) is 5.92 Å². The van der Waals surface area contributed by atoms with Crippen molar-refractivity contribution in [3.8, 4) is 17.2 Å². The Hall–Kier alpha value is -2.69. The van der Waals surface area contributed by atoms with Gasteiger partial charge in [0.05, 0.1) is 7.11 Å². The normalized spacial score (nSPS) is 16.1. The molecule has 0 radical (unpaired) electrons. The highest BCUT2D eigenvalue weighted by molar-refractivity contribution is 5.77. The molecule has 0 spiro atoms. The molecule has 4 rings (SSSR count). The molecule has 5 nitrogen and oxygen atoms in total. The largest absolute Gasteiger partial charge is 0.496 e. The van der Waals surface area contributed by atoms with E-state index in [0.717, 1.165) is 28.4 Å². The van der Waals surface area contributed by atoms with Crippen molar-refractivity contribution < 1.29 is 19.0 Å². The standard InChI is InChI=1S/C22H25NO4/c1-14-9-17(6-8-19(14)25-2)18(16-4-5-16)11-22(24)23-12-15-3-7-20-21(10-15)27-13-26-20/h3,6-10,16,18H,4-5,11-13H2,1-2H3,(H,23,24). The highest BCUT2D eigenvalue weighted by Crippen LogP contribution is 2.45. The van der Waals surface area contributed by atoms with Crippen molar-refractivity contribution in [3.63, 3.8) is 0 Å². The van der Waals surface area contributed by atoms with E-state index in [4.69, 9.17) is 14.2 Å². The number of ether oxygens (including phenoxy) is 3.